The van der Waals surface area contributed by atoms with Gasteiger partial charge in [0.2, 0.25) is 10.0 Å². The Bertz CT molecular complexity index is 656. The van der Waals surface area contributed by atoms with E-state index in [1.165, 1.54) is 19.3 Å². The maximum atomic E-state index is 12.2. The number of sulfonamides is 1. The number of anilines is 1. The Kier molecular flexibility index (Phi) is 5.49. The van der Waals surface area contributed by atoms with E-state index < -0.39 is 25.9 Å². The van der Waals surface area contributed by atoms with Crippen LogP contribution in [0.25, 0.3) is 0 Å². The molecule has 114 valence electrons. The fraction of sp³-hybridized carbons (Fsp3) is 0.545. The molecule has 1 aromatic heterocycles. The summed E-state index contributed by atoms with van der Waals surface area (Å²) in [5.41, 5.74) is 0.432. The van der Waals surface area contributed by atoms with Gasteiger partial charge < -0.3 is 5.32 Å². The molecule has 0 saturated carbocycles. The van der Waals surface area contributed by atoms with Gasteiger partial charge in [0, 0.05) is 31.2 Å². The molecule has 2 N–H and O–H groups in total. The maximum absolute atomic E-state index is 12.2. The minimum absolute atomic E-state index is 0.00204. The zero-order valence-corrected chi connectivity index (χ0v) is 13.3. The summed E-state index contributed by atoms with van der Waals surface area (Å²) in [7, 11) is -7.08. The highest BCUT2D eigenvalue weighted by molar-refractivity contribution is 7.91. The molecule has 0 saturated heterocycles. The molecule has 0 bridgehead atoms. The molecule has 9 heteroatoms. The van der Waals surface area contributed by atoms with Crippen LogP contribution in [0.4, 0.5) is 5.69 Å². The van der Waals surface area contributed by atoms with E-state index in [0.717, 1.165) is 6.26 Å². The lowest BCUT2D eigenvalue weighted by Gasteiger charge is -2.15. The van der Waals surface area contributed by atoms with Crippen molar-refractivity contribution in [2.24, 2.45) is 0 Å². The van der Waals surface area contributed by atoms with Gasteiger partial charge in [-0.2, -0.15) is 0 Å². The first-order valence-electron chi connectivity index (χ1n) is 6.03. The highest BCUT2D eigenvalue weighted by atomic mass is 32.2. The van der Waals surface area contributed by atoms with Crippen molar-refractivity contribution in [3.05, 3.63) is 18.5 Å². The number of sulfone groups is 1. The number of hydrogen-bond donors (Lipinski definition) is 2. The summed E-state index contributed by atoms with van der Waals surface area (Å²) in [6.07, 6.45) is 3.77. The quantitative estimate of drug-likeness (QED) is 0.744. The number of pyridine rings is 1. The number of rotatable bonds is 7. The Balaban J connectivity index is 3.00. The Hall–Kier alpha value is -1.19. The summed E-state index contributed by atoms with van der Waals surface area (Å²) in [6, 6.07) is 0.837. The Morgan fingerprint density at radius 1 is 1.30 bits per heavy atom. The second-order valence-corrected chi connectivity index (χ2v) is 8.38. The molecule has 1 aromatic rings. The van der Waals surface area contributed by atoms with Gasteiger partial charge in [0.15, 0.2) is 0 Å². The molecule has 1 unspecified atom stereocenters. The molecule has 0 aliphatic heterocycles. The van der Waals surface area contributed by atoms with Gasteiger partial charge in [0.1, 0.15) is 14.7 Å². The Labute approximate surface area is 119 Å². The Morgan fingerprint density at radius 2 is 1.95 bits per heavy atom. The number of nitrogens with one attached hydrogen (secondary N) is 2. The van der Waals surface area contributed by atoms with Crippen molar-refractivity contribution in [2.75, 3.05) is 23.9 Å². The van der Waals surface area contributed by atoms with Gasteiger partial charge in [0.25, 0.3) is 0 Å². The SMILES string of the molecule is CCNc1ccncc1S(=O)(=O)NC(C)CS(C)(=O)=O. The van der Waals surface area contributed by atoms with E-state index in [0.29, 0.717) is 12.2 Å². The van der Waals surface area contributed by atoms with Crippen molar-refractivity contribution in [3.8, 4) is 0 Å². The fourth-order valence-corrected chi connectivity index (χ4v) is 4.21. The minimum Gasteiger partial charge on any atom is -0.384 e. The summed E-state index contributed by atoms with van der Waals surface area (Å²) < 4.78 is 49.2. The predicted molar refractivity (Wildman–Crippen MR) is 77.9 cm³/mol. The average Bonchev–Trinajstić information content (AvgIpc) is 2.26. The van der Waals surface area contributed by atoms with Crippen molar-refractivity contribution >= 4 is 25.5 Å². The van der Waals surface area contributed by atoms with Crippen LogP contribution in [0.2, 0.25) is 0 Å². The largest absolute Gasteiger partial charge is 0.384 e. The summed E-state index contributed by atoms with van der Waals surface area (Å²) in [6.45, 7) is 3.91. The van der Waals surface area contributed by atoms with Crippen LogP contribution < -0.4 is 10.0 Å². The first-order chi connectivity index (χ1) is 9.15. The number of aromatic nitrogens is 1. The van der Waals surface area contributed by atoms with Crippen molar-refractivity contribution < 1.29 is 16.8 Å². The van der Waals surface area contributed by atoms with Crippen molar-refractivity contribution in [1.82, 2.24) is 9.71 Å². The predicted octanol–water partition coefficient (Wildman–Crippen LogP) is 0.225. The van der Waals surface area contributed by atoms with Crippen LogP contribution in [0.3, 0.4) is 0 Å². The van der Waals surface area contributed by atoms with E-state index in [4.69, 9.17) is 0 Å². The third-order valence-electron chi connectivity index (χ3n) is 2.35. The maximum Gasteiger partial charge on any atom is 0.244 e. The third-order valence-corrected chi connectivity index (χ3v) is 5.07. The van der Waals surface area contributed by atoms with Gasteiger partial charge in [-0.15, -0.1) is 0 Å². The second kappa shape index (κ2) is 6.51. The van der Waals surface area contributed by atoms with Crippen molar-refractivity contribution in [1.29, 1.82) is 0 Å². The monoisotopic (exact) mass is 321 g/mol. The molecule has 0 aliphatic carbocycles. The normalized spacial score (nSPS) is 13.9. The van der Waals surface area contributed by atoms with Crippen LogP contribution in [0, 0.1) is 0 Å². The number of nitrogens with zero attached hydrogens (tertiary/aromatic N) is 1. The fourth-order valence-electron chi connectivity index (χ4n) is 1.75. The van der Waals surface area contributed by atoms with Crippen LogP contribution in [0.15, 0.2) is 23.4 Å². The van der Waals surface area contributed by atoms with Gasteiger partial charge in [-0.1, -0.05) is 0 Å². The molecule has 1 atom stereocenters. The van der Waals surface area contributed by atoms with E-state index in [2.05, 4.69) is 15.0 Å². The molecule has 0 fully saturated rings. The lowest BCUT2D eigenvalue weighted by molar-refractivity contribution is 0.564. The van der Waals surface area contributed by atoms with E-state index in [1.807, 2.05) is 6.92 Å². The summed E-state index contributed by atoms with van der Waals surface area (Å²) >= 11 is 0. The zero-order valence-electron chi connectivity index (χ0n) is 11.6. The van der Waals surface area contributed by atoms with Crippen LogP contribution in [0.5, 0.6) is 0 Å². The van der Waals surface area contributed by atoms with Gasteiger partial charge in [-0.25, -0.2) is 21.6 Å². The van der Waals surface area contributed by atoms with Gasteiger partial charge in [0.05, 0.1) is 11.4 Å². The smallest absolute Gasteiger partial charge is 0.244 e. The van der Waals surface area contributed by atoms with E-state index >= 15 is 0 Å². The van der Waals surface area contributed by atoms with Crippen LogP contribution in [-0.2, 0) is 19.9 Å². The van der Waals surface area contributed by atoms with Gasteiger partial charge >= 0.3 is 0 Å². The van der Waals surface area contributed by atoms with Crippen LogP contribution >= 0.6 is 0 Å². The van der Waals surface area contributed by atoms with Crippen molar-refractivity contribution in [2.45, 2.75) is 24.8 Å². The van der Waals surface area contributed by atoms with E-state index in [-0.39, 0.29) is 10.6 Å². The molecule has 0 spiro atoms. The highest BCUT2D eigenvalue weighted by Gasteiger charge is 2.22. The molecular formula is C11H19N3O4S2. The second-order valence-electron chi connectivity index (χ2n) is 4.52. The first-order valence-corrected chi connectivity index (χ1v) is 9.58. The Morgan fingerprint density at radius 3 is 2.50 bits per heavy atom. The van der Waals surface area contributed by atoms with Gasteiger partial charge in [-0.05, 0) is 19.9 Å². The molecule has 20 heavy (non-hydrogen) atoms. The highest BCUT2D eigenvalue weighted by Crippen LogP contribution is 2.19. The lowest BCUT2D eigenvalue weighted by Crippen LogP contribution is -2.37. The van der Waals surface area contributed by atoms with Crippen LogP contribution in [0.1, 0.15) is 13.8 Å². The minimum atomic E-state index is -3.82. The molecular weight excluding hydrogens is 302 g/mol. The molecule has 1 heterocycles. The molecule has 7 nitrogen and oxygen atoms in total. The molecule has 0 aromatic carbocycles. The number of hydrogen-bond acceptors (Lipinski definition) is 6. The third kappa shape index (κ3) is 5.06. The van der Waals surface area contributed by atoms with E-state index in [1.54, 1.807) is 6.07 Å². The van der Waals surface area contributed by atoms with Crippen LogP contribution in [-0.4, -0.2) is 46.4 Å². The first kappa shape index (κ1) is 16.9. The standard InChI is InChI=1S/C11H19N3O4S2/c1-4-13-10-5-6-12-7-11(10)20(17,18)14-9(2)8-19(3,15)16/h5-7,9,14H,4,8H2,1-3H3,(H,12,13). The van der Waals surface area contributed by atoms with Gasteiger partial charge in [-0.3, -0.25) is 4.98 Å². The van der Waals surface area contributed by atoms with Crippen molar-refractivity contribution in [3.63, 3.8) is 0 Å². The average molecular weight is 321 g/mol. The zero-order chi connectivity index (χ0) is 15.4. The summed E-state index contributed by atoms with van der Waals surface area (Å²) in [4.78, 5) is 3.80. The molecule has 0 aliphatic rings. The summed E-state index contributed by atoms with van der Waals surface area (Å²) in [5, 5.41) is 2.93. The lowest BCUT2D eigenvalue weighted by atomic mass is 10.4. The molecule has 0 radical (unpaired) electrons. The molecule has 1 rings (SSSR count). The topological polar surface area (TPSA) is 105 Å². The van der Waals surface area contributed by atoms with E-state index in [9.17, 15) is 16.8 Å². The molecule has 0 amide bonds. The summed E-state index contributed by atoms with van der Waals surface area (Å²) in [5.74, 6) is -0.261.